The molecule has 2 N–H and O–H groups in total. The normalized spacial score (nSPS) is 14.0. The van der Waals surface area contributed by atoms with Crippen molar-refractivity contribution < 1.29 is 14.2 Å². The maximum absolute atomic E-state index is 13.5. The highest BCUT2D eigenvalue weighted by Crippen LogP contribution is 2.33. The Hall–Kier alpha value is -4.24. The molecule has 1 atom stereocenters. The smallest absolute Gasteiger partial charge is 0.141 e. The van der Waals surface area contributed by atoms with E-state index in [2.05, 4.69) is 56.7 Å². The molecule has 1 aliphatic heterocycles. The van der Waals surface area contributed by atoms with Crippen LogP contribution in [0.15, 0.2) is 91.5 Å². The first kappa shape index (κ1) is 27.9. The van der Waals surface area contributed by atoms with Gasteiger partial charge in [-0.25, -0.2) is 14.4 Å². The molecule has 0 saturated heterocycles. The van der Waals surface area contributed by atoms with Gasteiger partial charge < -0.3 is 19.7 Å². The Morgan fingerprint density at radius 2 is 1.88 bits per heavy atom. The number of nitrogens with one attached hydrogen (secondary N) is 1. The number of rotatable bonds is 10. The molecule has 3 aromatic carbocycles. The largest absolute Gasteiger partial charge is 0.487 e. The van der Waals surface area contributed by atoms with Crippen molar-refractivity contribution in [2.75, 3.05) is 25.0 Å². The van der Waals surface area contributed by atoms with Gasteiger partial charge in [0, 0.05) is 49.6 Å². The zero-order valence-electron chi connectivity index (χ0n) is 23.2. The number of aryl methyl sites for hydroxylation is 1. The number of β-amino-alcohol motifs (C(OH)–C–C–N with tert-alkyl or cyclic N) is 1. The number of halogens is 2. The Kier molecular flexibility index (Phi) is 8.19. The first-order chi connectivity index (χ1) is 20.4. The fraction of sp³-hybridized carbons (Fsp3) is 0.212. The molecule has 2 aromatic heterocycles. The van der Waals surface area contributed by atoms with Crippen molar-refractivity contribution in [3.05, 3.63) is 114 Å². The second kappa shape index (κ2) is 12.3. The Bertz CT molecular complexity index is 1750. The van der Waals surface area contributed by atoms with Crippen LogP contribution in [0.4, 0.5) is 15.9 Å². The third kappa shape index (κ3) is 6.46. The predicted molar refractivity (Wildman–Crippen MR) is 165 cm³/mol. The van der Waals surface area contributed by atoms with Gasteiger partial charge in [0.1, 0.15) is 30.3 Å². The van der Waals surface area contributed by atoms with Crippen molar-refractivity contribution in [3.63, 3.8) is 0 Å². The van der Waals surface area contributed by atoms with Crippen LogP contribution in [-0.2, 0) is 13.2 Å². The van der Waals surface area contributed by atoms with Crippen molar-refractivity contribution in [3.8, 4) is 16.9 Å². The van der Waals surface area contributed by atoms with Crippen molar-refractivity contribution in [1.29, 1.82) is 0 Å². The van der Waals surface area contributed by atoms with Gasteiger partial charge in [0.2, 0.25) is 0 Å². The summed E-state index contributed by atoms with van der Waals surface area (Å²) in [7, 11) is 0. The highest BCUT2D eigenvalue weighted by atomic mass is 35.5. The second-order valence-corrected chi connectivity index (χ2v) is 10.9. The van der Waals surface area contributed by atoms with E-state index in [-0.39, 0.29) is 12.4 Å². The fourth-order valence-electron chi connectivity index (χ4n) is 5.23. The fourth-order valence-corrected chi connectivity index (χ4v) is 5.46. The molecule has 0 aliphatic carbocycles. The Morgan fingerprint density at radius 3 is 2.69 bits per heavy atom. The van der Waals surface area contributed by atoms with E-state index in [1.807, 2.05) is 23.8 Å². The number of benzene rings is 3. The van der Waals surface area contributed by atoms with Gasteiger partial charge in [-0.3, -0.25) is 4.90 Å². The van der Waals surface area contributed by atoms with Gasteiger partial charge in [-0.2, -0.15) is 0 Å². The Balaban J connectivity index is 1.19. The Labute approximate surface area is 248 Å². The van der Waals surface area contributed by atoms with Gasteiger partial charge in [-0.1, -0.05) is 35.9 Å². The van der Waals surface area contributed by atoms with Crippen LogP contribution in [0.3, 0.4) is 0 Å². The summed E-state index contributed by atoms with van der Waals surface area (Å²) in [6.45, 7) is 5.20. The molecule has 1 aliphatic rings. The Morgan fingerprint density at radius 1 is 1.02 bits per heavy atom. The lowest BCUT2D eigenvalue weighted by molar-refractivity contribution is 0.111. The van der Waals surface area contributed by atoms with Crippen molar-refractivity contribution >= 4 is 34.0 Å². The predicted octanol–water partition coefficient (Wildman–Crippen LogP) is 6.75. The maximum Gasteiger partial charge on any atom is 0.141 e. The zero-order valence-corrected chi connectivity index (χ0v) is 23.9. The molecule has 5 aromatic rings. The van der Waals surface area contributed by atoms with Crippen LogP contribution in [0.1, 0.15) is 11.1 Å². The third-order valence-corrected chi connectivity index (χ3v) is 7.57. The molecule has 0 saturated carbocycles. The second-order valence-electron chi connectivity index (χ2n) is 10.5. The van der Waals surface area contributed by atoms with E-state index in [1.165, 1.54) is 12.1 Å². The van der Waals surface area contributed by atoms with Gasteiger partial charge >= 0.3 is 0 Å². The summed E-state index contributed by atoms with van der Waals surface area (Å²) >= 11 is 6.53. The molecule has 0 radical (unpaired) electrons. The monoisotopic (exact) mass is 583 g/mol. The lowest BCUT2D eigenvalue weighted by Gasteiger charge is -2.19. The number of aliphatic hydroxyl groups is 1. The van der Waals surface area contributed by atoms with Crippen LogP contribution in [0, 0.1) is 12.7 Å². The SMILES string of the molecule is Cc1cc(-c2ccn(CC(O)CN3CC=CC3)c2)cc2c(Nc3ccc(OCc4cccc(F)c4)c(Cl)c3)ncnc12. The molecule has 6 rings (SSSR count). The number of aromatic nitrogens is 3. The van der Waals surface area contributed by atoms with Gasteiger partial charge in [-0.15, -0.1) is 0 Å². The zero-order chi connectivity index (χ0) is 29.1. The number of nitrogens with zero attached hydrogens (tertiary/aromatic N) is 4. The van der Waals surface area contributed by atoms with Crippen LogP contribution < -0.4 is 10.1 Å². The number of anilines is 2. The highest BCUT2D eigenvalue weighted by Gasteiger charge is 2.15. The van der Waals surface area contributed by atoms with Crippen LogP contribution in [0.2, 0.25) is 5.02 Å². The minimum Gasteiger partial charge on any atom is -0.487 e. The quantitative estimate of drug-likeness (QED) is 0.177. The number of aliphatic hydroxyl groups excluding tert-OH is 1. The van der Waals surface area contributed by atoms with E-state index < -0.39 is 6.10 Å². The third-order valence-electron chi connectivity index (χ3n) is 7.28. The maximum atomic E-state index is 13.5. The average molecular weight is 584 g/mol. The molecule has 1 unspecified atom stereocenters. The number of hydrogen-bond acceptors (Lipinski definition) is 6. The summed E-state index contributed by atoms with van der Waals surface area (Å²) in [4.78, 5) is 11.3. The van der Waals surface area contributed by atoms with Crippen LogP contribution >= 0.6 is 11.6 Å². The molecule has 0 bridgehead atoms. The summed E-state index contributed by atoms with van der Waals surface area (Å²) in [5.74, 6) is 0.854. The molecule has 0 amide bonds. The van der Waals surface area contributed by atoms with Crippen molar-refractivity contribution in [1.82, 2.24) is 19.4 Å². The summed E-state index contributed by atoms with van der Waals surface area (Å²) in [6, 6.07) is 18.0. The van der Waals surface area contributed by atoms with Crippen molar-refractivity contribution in [2.24, 2.45) is 0 Å². The van der Waals surface area contributed by atoms with E-state index in [1.54, 1.807) is 30.6 Å². The summed E-state index contributed by atoms with van der Waals surface area (Å²) in [5.41, 5.74) is 5.43. The highest BCUT2D eigenvalue weighted by molar-refractivity contribution is 6.32. The number of ether oxygens (including phenoxy) is 1. The van der Waals surface area contributed by atoms with Crippen LogP contribution in [0.5, 0.6) is 5.75 Å². The van der Waals surface area contributed by atoms with E-state index in [0.29, 0.717) is 29.7 Å². The number of fused-ring (bicyclic) bond motifs is 1. The minimum absolute atomic E-state index is 0.208. The molecule has 7 nitrogen and oxygen atoms in total. The topological polar surface area (TPSA) is 75.4 Å². The van der Waals surface area contributed by atoms with E-state index in [0.717, 1.165) is 51.9 Å². The molecule has 0 fully saturated rings. The molecule has 9 heteroatoms. The van der Waals surface area contributed by atoms with Gasteiger partial charge in [-0.05, 0) is 77.7 Å². The van der Waals surface area contributed by atoms with Crippen LogP contribution in [-0.4, -0.2) is 50.3 Å². The summed E-state index contributed by atoms with van der Waals surface area (Å²) in [5, 5.41) is 15.3. The summed E-state index contributed by atoms with van der Waals surface area (Å²) in [6.07, 6.45) is 9.42. The lowest BCUT2D eigenvalue weighted by atomic mass is 10.0. The molecular formula is C33H31ClFN5O2. The first-order valence-corrected chi connectivity index (χ1v) is 14.2. The van der Waals surface area contributed by atoms with E-state index in [9.17, 15) is 9.50 Å². The number of hydrogen-bond donors (Lipinski definition) is 2. The minimum atomic E-state index is -0.447. The lowest BCUT2D eigenvalue weighted by Crippen LogP contribution is -2.32. The molecular weight excluding hydrogens is 553 g/mol. The van der Waals surface area contributed by atoms with Gasteiger partial charge in [0.05, 0.1) is 16.6 Å². The van der Waals surface area contributed by atoms with Gasteiger partial charge in [0.25, 0.3) is 0 Å². The van der Waals surface area contributed by atoms with Crippen molar-refractivity contribution in [2.45, 2.75) is 26.2 Å². The van der Waals surface area contributed by atoms with Crippen LogP contribution in [0.25, 0.3) is 22.0 Å². The molecule has 3 heterocycles. The van der Waals surface area contributed by atoms with E-state index >= 15 is 0 Å². The first-order valence-electron chi connectivity index (χ1n) is 13.8. The molecule has 0 spiro atoms. The molecule has 214 valence electrons. The van der Waals surface area contributed by atoms with Gasteiger partial charge in [0.15, 0.2) is 0 Å². The standard InChI is InChI=1S/C33H31ClFN5O2/c1-22-13-25(24-9-12-40(17-24)19-28(41)18-39-10-2-3-11-39)15-29-32(22)36-21-37-33(29)38-27-7-8-31(30(34)16-27)42-20-23-5-4-6-26(35)14-23/h2-9,12-17,21,28,41H,10-11,18-20H2,1H3,(H,36,37,38). The van der Waals surface area contributed by atoms with E-state index in [4.69, 9.17) is 16.3 Å². The molecule has 42 heavy (non-hydrogen) atoms. The summed E-state index contributed by atoms with van der Waals surface area (Å²) < 4.78 is 21.3. The average Bonchev–Trinajstić information content (AvgIpc) is 3.65.